The lowest BCUT2D eigenvalue weighted by Gasteiger charge is -2.11. The Morgan fingerprint density at radius 1 is 1.32 bits per heavy atom. The highest BCUT2D eigenvalue weighted by Gasteiger charge is 2.39. The molecular weight excluding hydrogens is 313 g/mol. The maximum absolute atomic E-state index is 13.1. The van der Waals surface area contributed by atoms with Crippen molar-refractivity contribution < 1.29 is 18.0 Å². The molecule has 1 aromatic heterocycles. The molecule has 0 bridgehead atoms. The summed E-state index contributed by atoms with van der Waals surface area (Å²) in [5.74, 6) is -0.735. The predicted molar refractivity (Wildman–Crippen MR) is 79.8 cm³/mol. The van der Waals surface area contributed by atoms with Crippen LogP contribution in [0.3, 0.4) is 0 Å². The number of thiazole rings is 1. The summed E-state index contributed by atoms with van der Waals surface area (Å²) in [4.78, 5) is 15.3. The Morgan fingerprint density at radius 3 is 2.50 bits per heavy atom. The minimum Gasteiger partial charge on any atom is -0.349 e. The van der Waals surface area contributed by atoms with E-state index >= 15 is 0 Å². The Labute approximate surface area is 130 Å². The number of carbonyl (C=O) groups excluding carboxylic acids is 1. The third kappa shape index (κ3) is 3.65. The number of hydrogen-bond acceptors (Lipinski definition) is 3. The van der Waals surface area contributed by atoms with Crippen molar-refractivity contribution in [2.24, 2.45) is 0 Å². The molecule has 0 aliphatic carbocycles. The van der Waals surface area contributed by atoms with E-state index in [0.29, 0.717) is 12.0 Å². The first-order chi connectivity index (χ1) is 10.3. The van der Waals surface area contributed by atoms with E-state index in [9.17, 15) is 18.0 Å². The Balaban J connectivity index is 2.44. The molecule has 2 rings (SSSR count). The van der Waals surface area contributed by atoms with Crippen LogP contribution >= 0.6 is 11.3 Å². The highest BCUT2D eigenvalue weighted by Crippen LogP contribution is 2.37. The average Bonchev–Trinajstić information content (AvgIpc) is 2.93. The van der Waals surface area contributed by atoms with Crippen molar-refractivity contribution in [2.75, 3.05) is 0 Å². The van der Waals surface area contributed by atoms with E-state index in [1.165, 1.54) is 0 Å². The topological polar surface area (TPSA) is 42.0 Å². The normalized spacial score (nSPS) is 13.0. The molecule has 3 nitrogen and oxygen atoms in total. The molecule has 1 N–H and O–H groups in total. The number of rotatable bonds is 4. The van der Waals surface area contributed by atoms with Crippen molar-refractivity contribution in [3.8, 4) is 10.6 Å². The van der Waals surface area contributed by atoms with Crippen LogP contribution in [0.25, 0.3) is 10.6 Å². The largest absolute Gasteiger partial charge is 0.435 e. The first-order valence-corrected chi connectivity index (χ1v) is 7.59. The van der Waals surface area contributed by atoms with Gasteiger partial charge < -0.3 is 5.32 Å². The molecule has 0 saturated carbocycles. The number of hydrogen-bond donors (Lipinski definition) is 1. The van der Waals surface area contributed by atoms with Crippen LogP contribution in [-0.4, -0.2) is 16.9 Å². The molecule has 2 aromatic rings. The number of carbonyl (C=O) groups is 1. The Morgan fingerprint density at radius 2 is 1.95 bits per heavy atom. The maximum Gasteiger partial charge on any atom is 0.435 e. The minimum atomic E-state index is -4.66. The number of nitrogens with zero attached hydrogens (tertiary/aromatic N) is 1. The molecule has 0 radical (unpaired) electrons. The molecule has 118 valence electrons. The summed E-state index contributed by atoms with van der Waals surface area (Å²) in [6, 6.07) is 8.31. The molecule has 0 spiro atoms. The van der Waals surface area contributed by atoms with E-state index in [1.54, 1.807) is 37.3 Å². The molecule has 1 atom stereocenters. The average molecular weight is 328 g/mol. The standard InChI is InChI=1S/C15H15F3N2OS/c1-3-9(2)19-13(21)11-12(15(16,17)18)20-14(22-11)10-7-5-4-6-8-10/h4-9H,3H2,1-2H3,(H,19,21). The van der Waals surface area contributed by atoms with Crippen LogP contribution in [0.15, 0.2) is 30.3 Å². The van der Waals surface area contributed by atoms with Gasteiger partial charge in [0.25, 0.3) is 5.91 Å². The maximum atomic E-state index is 13.1. The first-order valence-electron chi connectivity index (χ1n) is 6.77. The first kappa shape index (κ1) is 16.5. The quantitative estimate of drug-likeness (QED) is 0.906. The lowest BCUT2D eigenvalue weighted by molar-refractivity contribution is -0.141. The second-order valence-electron chi connectivity index (χ2n) is 4.84. The molecule has 1 heterocycles. The summed E-state index contributed by atoms with van der Waals surface area (Å²) in [6.07, 6.45) is -4.02. The van der Waals surface area contributed by atoms with Gasteiger partial charge in [0.2, 0.25) is 0 Å². The van der Waals surface area contributed by atoms with Crippen LogP contribution in [0.5, 0.6) is 0 Å². The zero-order valence-electron chi connectivity index (χ0n) is 12.1. The van der Waals surface area contributed by atoms with Gasteiger partial charge in [0, 0.05) is 11.6 Å². The minimum absolute atomic E-state index is 0.183. The molecule has 22 heavy (non-hydrogen) atoms. The summed E-state index contributed by atoms with van der Waals surface area (Å²) < 4.78 is 39.4. The Kier molecular flexibility index (Phi) is 4.85. The molecular formula is C15H15F3N2OS. The van der Waals surface area contributed by atoms with Gasteiger partial charge >= 0.3 is 6.18 Å². The lowest BCUT2D eigenvalue weighted by Crippen LogP contribution is -2.32. The SMILES string of the molecule is CCC(C)NC(=O)c1sc(-c2ccccc2)nc1C(F)(F)F. The van der Waals surface area contributed by atoms with Gasteiger partial charge in [-0.1, -0.05) is 37.3 Å². The monoisotopic (exact) mass is 328 g/mol. The van der Waals surface area contributed by atoms with Crippen LogP contribution in [0, 0.1) is 0 Å². The fourth-order valence-electron chi connectivity index (χ4n) is 1.76. The molecule has 1 unspecified atom stereocenters. The zero-order valence-corrected chi connectivity index (χ0v) is 12.9. The second-order valence-corrected chi connectivity index (χ2v) is 5.84. The van der Waals surface area contributed by atoms with Gasteiger partial charge in [0.15, 0.2) is 5.69 Å². The molecule has 1 aromatic carbocycles. The van der Waals surface area contributed by atoms with E-state index < -0.39 is 22.7 Å². The van der Waals surface area contributed by atoms with Crippen LogP contribution in [0.2, 0.25) is 0 Å². The summed E-state index contributed by atoms with van der Waals surface area (Å²) >= 11 is 0.757. The van der Waals surface area contributed by atoms with Crippen LogP contribution in [-0.2, 0) is 6.18 Å². The van der Waals surface area contributed by atoms with E-state index in [2.05, 4.69) is 10.3 Å². The van der Waals surface area contributed by atoms with E-state index in [-0.39, 0.29) is 11.0 Å². The second kappa shape index (κ2) is 6.48. The Hall–Kier alpha value is -1.89. The fraction of sp³-hybridized carbons (Fsp3) is 0.333. The van der Waals surface area contributed by atoms with Crippen molar-refractivity contribution in [1.82, 2.24) is 10.3 Å². The van der Waals surface area contributed by atoms with Gasteiger partial charge in [0.1, 0.15) is 9.88 Å². The lowest BCUT2D eigenvalue weighted by atomic mass is 10.2. The molecule has 0 aliphatic rings. The zero-order chi connectivity index (χ0) is 16.3. The number of aromatic nitrogens is 1. The summed E-state index contributed by atoms with van der Waals surface area (Å²) in [5, 5.41) is 2.74. The number of nitrogens with one attached hydrogen (secondary N) is 1. The van der Waals surface area contributed by atoms with Crippen molar-refractivity contribution in [1.29, 1.82) is 0 Å². The van der Waals surface area contributed by atoms with Gasteiger partial charge in [-0.25, -0.2) is 4.98 Å². The molecule has 0 saturated heterocycles. The van der Waals surface area contributed by atoms with Crippen LogP contribution < -0.4 is 5.32 Å². The molecule has 0 fully saturated rings. The van der Waals surface area contributed by atoms with Crippen LogP contribution in [0.4, 0.5) is 13.2 Å². The van der Waals surface area contributed by atoms with E-state index in [1.807, 2.05) is 6.92 Å². The van der Waals surface area contributed by atoms with Crippen molar-refractivity contribution >= 4 is 17.2 Å². The van der Waals surface area contributed by atoms with Crippen molar-refractivity contribution in [3.63, 3.8) is 0 Å². The van der Waals surface area contributed by atoms with Gasteiger partial charge in [-0.15, -0.1) is 11.3 Å². The van der Waals surface area contributed by atoms with Gasteiger partial charge in [-0.05, 0) is 13.3 Å². The van der Waals surface area contributed by atoms with Crippen molar-refractivity contribution in [2.45, 2.75) is 32.5 Å². The number of halogens is 3. The van der Waals surface area contributed by atoms with Crippen molar-refractivity contribution in [3.05, 3.63) is 40.9 Å². The molecule has 1 amide bonds. The Bertz CT molecular complexity index is 653. The summed E-state index contributed by atoms with van der Waals surface area (Å²) in [5.41, 5.74) is -0.572. The van der Waals surface area contributed by atoms with E-state index in [4.69, 9.17) is 0 Å². The van der Waals surface area contributed by atoms with E-state index in [0.717, 1.165) is 11.3 Å². The third-order valence-corrected chi connectivity index (χ3v) is 4.22. The third-order valence-electron chi connectivity index (χ3n) is 3.11. The predicted octanol–water partition coefficient (Wildman–Crippen LogP) is 4.36. The number of benzene rings is 1. The van der Waals surface area contributed by atoms with Gasteiger partial charge in [-0.3, -0.25) is 4.79 Å². The highest BCUT2D eigenvalue weighted by molar-refractivity contribution is 7.17. The summed E-state index contributed by atoms with van der Waals surface area (Å²) in [6.45, 7) is 3.59. The fourth-order valence-corrected chi connectivity index (χ4v) is 2.76. The molecule has 0 aliphatic heterocycles. The summed E-state index contributed by atoms with van der Waals surface area (Å²) in [7, 11) is 0. The molecule has 7 heteroatoms. The number of amides is 1. The number of alkyl halides is 3. The van der Waals surface area contributed by atoms with Crippen LogP contribution in [0.1, 0.15) is 35.6 Å². The van der Waals surface area contributed by atoms with Gasteiger partial charge in [0.05, 0.1) is 0 Å². The highest BCUT2D eigenvalue weighted by atomic mass is 32.1. The smallest absolute Gasteiger partial charge is 0.349 e. The van der Waals surface area contributed by atoms with Gasteiger partial charge in [-0.2, -0.15) is 13.2 Å².